The van der Waals surface area contributed by atoms with Gasteiger partial charge in [-0.05, 0) is 72.9 Å². The number of carboxylic acids is 1. The van der Waals surface area contributed by atoms with E-state index >= 15 is 0 Å². The van der Waals surface area contributed by atoms with Gasteiger partial charge in [0.2, 0.25) is 0 Å². The smallest absolute Gasteiger partial charge is 0.311 e. The van der Waals surface area contributed by atoms with Gasteiger partial charge in [0.15, 0.2) is 0 Å². The lowest BCUT2D eigenvalue weighted by atomic mass is 9.84. The van der Waals surface area contributed by atoms with Crippen molar-refractivity contribution in [2.24, 2.45) is 0 Å². The predicted molar refractivity (Wildman–Crippen MR) is 112 cm³/mol. The lowest BCUT2D eigenvalue weighted by molar-refractivity contribution is -0.139. The van der Waals surface area contributed by atoms with Crippen LogP contribution in [0.4, 0.5) is 0 Å². The Bertz CT molecular complexity index is 1030. The summed E-state index contributed by atoms with van der Waals surface area (Å²) in [5.41, 5.74) is 5.01. The van der Waals surface area contributed by atoms with Crippen LogP contribution in [0.15, 0.2) is 36.4 Å². The molecule has 0 radical (unpaired) electrons. The first kappa shape index (κ1) is 19.7. The molecule has 3 aromatic rings. The summed E-state index contributed by atoms with van der Waals surface area (Å²) >= 11 is 12.5. The van der Waals surface area contributed by atoms with Crippen LogP contribution in [0, 0.1) is 13.8 Å². The highest BCUT2D eigenvalue weighted by molar-refractivity contribution is 6.32. The molecule has 140 valence electrons. The van der Waals surface area contributed by atoms with Gasteiger partial charge in [0, 0.05) is 21.1 Å². The third-order valence-corrected chi connectivity index (χ3v) is 5.50. The Morgan fingerprint density at radius 3 is 2.52 bits per heavy atom. The second-order valence-electron chi connectivity index (χ2n) is 6.79. The van der Waals surface area contributed by atoms with Gasteiger partial charge >= 0.3 is 5.97 Å². The molecule has 1 unspecified atom stereocenters. The number of fused-ring (bicyclic) bond motifs is 1. The Morgan fingerprint density at radius 2 is 1.89 bits per heavy atom. The highest BCUT2D eigenvalue weighted by Gasteiger charge is 2.27. The van der Waals surface area contributed by atoms with Crippen molar-refractivity contribution in [3.63, 3.8) is 0 Å². The zero-order chi connectivity index (χ0) is 19.7. The molecule has 0 saturated heterocycles. The Hall–Kier alpha value is -2.10. The van der Waals surface area contributed by atoms with Gasteiger partial charge in [0.25, 0.3) is 0 Å². The predicted octanol–water partition coefficient (Wildman–Crippen LogP) is 6.79. The Morgan fingerprint density at radius 1 is 1.15 bits per heavy atom. The van der Waals surface area contributed by atoms with E-state index in [0.29, 0.717) is 16.5 Å². The maximum absolute atomic E-state index is 12.1. The average Bonchev–Trinajstić information content (AvgIpc) is 2.61. The molecule has 3 nitrogen and oxygen atoms in total. The quantitative estimate of drug-likeness (QED) is 0.511. The van der Waals surface area contributed by atoms with E-state index in [-0.39, 0.29) is 0 Å². The van der Waals surface area contributed by atoms with Crippen LogP contribution in [0.1, 0.15) is 42.5 Å². The topological polar surface area (TPSA) is 50.2 Å². The zero-order valence-electron chi connectivity index (χ0n) is 15.5. The van der Waals surface area contributed by atoms with Crippen molar-refractivity contribution in [3.05, 3.63) is 63.3 Å². The number of halogens is 2. The highest BCUT2D eigenvalue weighted by Crippen LogP contribution is 2.40. The van der Waals surface area contributed by atoms with Crippen molar-refractivity contribution >= 4 is 40.1 Å². The fourth-order valence-electron chi connectivity index (χ4n) is 3.59. The van der Waals surface area contributed by atoms with Crippen molar-refractivity contribution in [2.45, 2.75) is 39.5 Å². The van der Waals surface area contributed by atoms with Crippen LogP contribution >= 0.6 is 23.2 Å². The third kappa shape index (κ3) is 3.80. The number of carbonyl (C=O) groups is 1. The summed E-state index contributed by atoms with van der Waals surface area (Å²) in [5.74, 6) is -1.47. The van der Waals surface area contributed by atoms with Crippen LogP contribution in [0.3, 0.4) is 0 Å². The number of rotatable bonds is 5. The molecule has 0 bridgehead atoms. The number of aliphatic carboxylic acids is 1. The van der Waals surface area contributed by atoms with E-state index in [9.17, 15) is 9.90 Å². The van der Waals surface area contributed by atoms with E-state index in [1.54, 1.807) is 6.07 Å². The van der Waals surface area contributed by atoms with E-state index in [0.717, 1.165) is 45.3 Å². The lowest BCUT2D eigenvalue weighted by Gasteiger charge is -2.21. The Labute approximate surface area is 169 Å². The molecule has 27 heavy (non-hydrogen) atoms. The first-order valence-corrected chi connectivity index (χ1v) is 9.68. The molecule has 0 saturated carbocycles. The molecule has 0 aliphatic rings. The highest BCUT2D eigenvalue weighted by atomic mass is 35.5. The lowest BCUT2D eigenvalue weighted by Crippen LogP contribution is -2.15. The van der Waals surface area contributed by atoms with Crippen LogP contribution < -0.4 is 0 Å². The number of pyridine rings is 1. The minimum atomic E-state index is -0.838. The molecule has 1 heterocycles. The van der Waals surface area contributed by atoms with Crippen molar-refractivity contribution in [3.8, 4) is 11.1 Å². The molecular weight excluding hydrogens is 381 g/mol. The van der Waals surface area contributed by atoms with E-state index in [4.69, 9.17) is 23.2 Å². The first-order chi connectivity index (χ1) is 12.8. The zero-order valence-corrected chi connectivity index (χ0v) is 17.0. The van der Waals surface area contributed by atoms with Crippen LogP contribution in [-0.2, 0) is 4.79 Å². The molecule has 0 spiro atoms. The normalized spacial score (nSPS) is 12.3. The number of hydrogen-bond donors (Lipinski definition) is 1. The summed E-state index contributed by atoms with van der Waals surface area (Å²) in [6.07, 6.45) is 1.31. The van der Waals surface area contributed by atoms with E-state index in [2.05, 4.69) is 4.98 Å². The van der Waals surface area contributed by atoms with Crippen LogP contribution in [0.25, 0.3) is 22.0 Å². The van der Waals surface area contributed by atoms with Crippen LogP contribution in [0.5, 0.6) is 0 Å². The summed E-state index contributed by atoms with van der Waals surface area (Å²) < 4.78 is 0. The van der Waals surface area contributed by atoms with Crippen molar-refractivity contribution < 1.29 is 9.90 Å². The second-order valence-corrected chi connectivity index (χ2v) is 7.63. The maximum Gasteiger partial charge on any atom is 0.311 e. The van der Waals surface area contributed by atoms with Crippen molar-refractivity contribution in [1.82, 2.24) is 4.98 Å². The van der Waals surface area contributed by atoms with E-state index < -0.39 is 11.9 Å². The number of aryl methyl sites for hydroxylation is 2. The largest absolute Gasteiger partial charge is 0.481 e. The minimum Gasteiger partial charge on any atom is -0.481 e. The van der Waals surface area contributed by atoms with E-state index in [1.165, 1.54) is 0 Å². The van der Waals surface area contributed by atoms with Gasteiger partial charge in [-0.2, -0.15) is 0 Å². The monoisotopic (exact) mass is 401 g/mol. The molecule has 2 aromatic carbocycles. The van der Waals surface area contributed by atoms with Gasteiger partial charge < -0.3 is 5.11 Å². The molecular formula is C22H21Cl2NO2. The fraction of sp³-hybridized carbons (Fsp3) is 0.273. The summed E-state index contributed by atoms with van der Waals surface area (Å²) in [4.78, 5) is 16.8. The molecule has 0 aliphatic carbocycles. The number of benzene rings is 2. The van der Waals surface area contributed by atoms with Crippen LogP contribution in [0.2, 0.25) is 10.0 Å². The average molecular weight is 402 g/mol. The number of hydrogen-bond acceptors (Lipinski definition) is 2. The number of carboxylic acid groups (broad SMARTS) is 1. The Balaban J connectivity index is 2.44. The molecule has 1 aromatic heterocycles. The SMILES string of the molecule is CCCC(C(=O)O)c1c(C)nc2ccc(Cl)cc2c1-c1ccc(Cl)c(C)c1. The molecule has 0 aliphatic heterocycles. The third-order valence-electron chi connectivity index (χ3n) is 4.85. The molecule has 1 atom stereocenters. The molecule has 5 heteroatoms. The summed E-state index contributed by atoms with van der Waals surface area (Å²) in [6.45, 7) is 5.80. The minimum absolute atomic E-state index is 0.545. The van der Waals surface area contributed by atoms with Crippen molar-refractivity contribution in [2.75, 3.05) is 0 Å². The molecule has 1 N–H and O–H groups in total. The number of nitrogens with zero attached hydrogens (tertiary/aromatic N) is 1. The van der Waals surface area contributed by atoms with E-state index in [1.807, 2.05) is 51.1 Å². The first-order valence-electron chi connectivity index (χ1n) is 8.92. The number of aromatic nitrogens is 1. The fourth-order valence-corrected chi connectivity index (χ4v) is 3.88. The van der Waals surface area contributed by atoms with Gasteiger partial charge in [-0.25, -0.2) is 0 Å². The molecule has 0 fully saturated rings. The van der Waals surface area contributed by atoms with Gasteiger partial charge in [0.1, 0.15) is 0 Å². The van der Waals surface area contributed by atoms with Crippen molar-refractivity contribution in [1.29, 1.82) is 0 Å². The van der Waals surface area contributed by atoms with Crippen LogP contribution in [-0.4, -0.2) is 16.1 Å². The van der Waals surface area contributed by atoms with Gasteiger partial charge in [-0.3, -0.25) is 9.78 Å². The van der Waals surface area contributed by atoms with Gasteiger partial charge in [-0.1, -0.05) is 42.6 Å². The summed E-state index contributed by atoms with van der Waals surface area (Å²) in [6, 6.07) is 11.3. The van der Waals surface area contributed by atoms with Gasteiger partial charge in [0.05, 0.1) is 11.4 Å². The molecule has 3 rings (SSSR count). The standard InChI is InChI=1S/C22H21Cl2NO2/c1-4-5-16(22(26)27)20-13(3)25-19-9-7-15(23)11-17(19)21(20)14-6-8-18(24)12(2)10-14/h6-11,16H,4-5H2,1-3H3,(H,26,27). The second kappa shape index (κ2) is 7.87. The Kier molecular flexibility index (Phi) is 5.73. The molecule has 0 amide bonds. The maximum atomic E-state index is 12.1. The van der Waals surface area contributed by atoms with Gasteiger partial charge in [-0.15, -0.1) is 0 Å². The summed E-state index contributed by atoms with van der Waals surface area (Å²) in [7, 11) is 0. The summed E-state index contributed by atoms with van der Waals surface area (Å²) in [5, 5.41) is 12.0.